The summed E-state index contributed by atoms with van der Waals surface area (Å²) in [4.78, 5) is 0. The van der Waals surface area contributed by atoms with Gasteiger partial charge in [0.2, 0.25) is 0 Å². The van der Waals surface area contributed by atoms with Crippen LogP contribution < -0.4 is 5.73 Å². The Morgan fingerprint density at radius 2 is 1.91 bits per heavy atom. The number of nitrogens with two attached hydrogens (primary N) is 1. The van der Waals surface area contributed by atoms with Crippen molar-refractivity contribution >= 4 is 6.21 Å². The van der Waals surface area contributed by atoms with Crippen LogP contribution in [0, 0.1) is 57.7 Å². The molecule has 0 heterocycles. The molecule has 0 bridgehead atoms. The highest BCUT2D eigenvalue weighted by atomic mass is 14.8. The van der Waals surface area contributed by atoms with Crippen LogP contribution in [0.25, 0.3) is 0 Å². The number of nitrogens with one attached hydrogen (secondary N) is 1. The summed E-state index contributed by atoms with van der Waals surface area (Å²) in [6.07, 6.45) is 27.1. The minimum atomic E-state index is 0.127. The van der Waals surface area contributed by atoms with E-state index in [1.54, 1.807) is 18.2 Å². The average molecular weight is 481 g/mol. The van der Waals surface area contributed by atoms with Crippen molar-refractivity contribution in [1.29, 1.82) is 5.41 Å². The molecule has 5 unspecified atom stereocenters. The highest BCUT2D eigenvalue weighted by Gasteiger charge is 2.81. The molecular weight excluding hydrogens is 424 g/mol. The zero-order chi connectivity index (χ0) is 25.1. The quantitative estimate of drug-likeness (QED) is 0.178. The summed E-state index contributed by atoms with van der Waals surface area (Å²) in [5.41, 5.74) is 8.74. The first-order valence-corrected chi connectivity index (χ1v) is 15.5. The van der Waals surface area contributed by atoms with Gasteiger partial charge in [0, 0.05) is 6.54 Å². The lowest BCUT2D eigenvalue weighted by Gasteiger charge is -2.36. The van der Waals surface area contributed by atoms with Crippen molar-refractivity contribution in [2.24, 2.45) is 58.0 Å². The summed E-state index contributed by atoms with van der Waals surface area (Å²) >= 11 is 0. The van der Waals surface area contributed by atoms with Gasteiger partial charge in [0.05, 0.1) is 0 Å². The van der Waals surface area contributed by atoms with Crippen LogP contribution in [0.4, 0.5) is 0 Å². The first-order chi connectivity index (χ1) is 17.0. The summed E-state index contributed by atoms with van der Waals surface area (Å²) in [5, 5.41) is 7.74. The fourth-order valence-corrected chi connectivity index (χ4v) is 8.75. The van der Waals surface area contributed by atoms with E-state index in [9.17, 15) is 0 Å². The number of hydrogen-bond acceptors (Lipinski definition) is 2. The maximum Gasteiger partial charge on any atom is 0.00114 e. The van der Waals surface area contributed by atoms with Gasteiger partial charge < -0.3 is 11.1 Å². The highest BCUT2D eigenvalue weighted by Crippen LogP contribution is 2.87. The van der Waals surface area contributed by atoms with E-state index in [2.05, 4.69) is 39.5 Å². The molecule has 0 aliphatic heterocycles. The standard InChI is InChI=1S/C33H56N2/c1-5-8-10-29(11-9-20-32(4,7-3)23-35)33-21-30(33)31(33)28-18-16-27(17-19-28)26-14-12-25(13-15-26)24(6-2)22-34/h7,14,22,24-25,27-31,34H,3,5-6,8-13,15-21,23,35H2,1-2,4H3/t24?,25?,27?,28?,29?,30-,31?,32+,33?/m0/s1. The topological polar surface area (TPSA) is 49.9 Å². The lowest BCUT2D eigenvalue weighted by Crippen LogP contribution is -2.26. The van der Waals surface area contributed by atoms with Gasteiger partial charge >= 0.3 is 0 Å². The summed E-state index contributed by atoms with van der Waals surface area (Å²) < 4.78 is 0. The first kappa shape index (κ1) is 27.2. The zero-order valence-electron chi connectivity index (χ0n) is 23.4. The van der Waals surface area contributed by atoms with E-state index in [4.69, 9.17) is 11.1 Å². The number of allylic oxidation sites excluding steroid dienone is 2. The third-order valence-corrected chi connectivity index (χ3v) is 11.6. The molecule has 0 spiro atoms. The molecule has 2 heteroatoms. The fraction of sp³-hybridized carbons (Fsp3) is 0.848. The predicted molar refractivity (Wildman–Crippen MR) is 152 cm³/mol. The van der Waals surface area contributed by atoms with E-state index in [0.29, 0.717) is 5.92 Å². The van der Waals surface area contributed by atoms with Gasteiger partial charge in [-0.1, -0.05) is 57.8 Å². The van der Waals surface area contributed by atoms with Gasteiger partial charge in [-0.15, -0.1) is 6.58 Å². The molecule has 2 nitrogen and oxygen atoms in total. The van der Waals surface area contributed by atoms with Gasteiger partial charge in [0.15, 0.2) is 0 Å². The van der Waals surface area contributed by atoms with Gasteiger partial charge in [-0.3, -0.25) is 0 Å². The van der Waals surface area contributed by atoms with Crippen LogP contribution in [0.1, 0.15) is 117 Å². The Labute approximate surface area is 217 Å². The van der Waals surface area contributed by atoms with Gasteiger partial charge in [0.1, 0.15) is 0 Å². The van der Waals surface area contributed by atoms with Crippen LogP contribution in [0.2, 0.25) is 0 Å². The molecular formula is C33H56N2. The zero-order valence-corrected chi connectivity index (χ0v) is 23.4. The second-order valence-corrected chi connectivity index (χ2v) is 13.4. The monoisotopic (exact) mass is 480 g/mol. The van der Waals surface area contributed by atoms with Crippen LogP contribution in [-0.4, -0.2) is 12.8 Å². The van der Waals surface area contributed by atoms with Crippen molar-refractivity contribution in [2.75, 3.05) is 6.54 Å². The maximum atomic E-state index is 7.74. The van der Waals surface area contributed by atoms with E-state index in [-0.39, 0.29) is 5.41 Å². The molecule has 4 aliphatic carbocycles. The third-order valence-electron chi connectivity index (χ3n) is 11.6. The molecule has 4 rings (SSSR count). The summed E-state index contributed by atoms with van der Waals surface area (Å²) in [6.45, 7) is 11.7. The third kappa shape index (κ3) is 5.68. The molecule has 0 radical (unpaired) electrons. The van der Waals surface area contributed by atoms with Gasteiger partial charge in [-0.05, 0) is 136 Å². The van der Waals surface area contributed by atoms with Gasteiger partial charge in [0.25, 0.3) is 0 Å². The predicted octanol–water partition coefficient (Wildman–Crippen LogP) is 8.96. The Bertz CT molecular complexity index is 746. The van der Waals surface area contributed by atoms with Crippen molar-refractivity contribution in [2.45, 2.75) is 117 Å². The van der Waals surface area contributed by atoms with E-state index >= 15 is 0 Å². The van der Waals surface area contributed by atoms with Crippen molar-refractivity contribution in [1.82, 2.24) is 0 Å². The van der Waals surface area contributed by atoms with Crippen LogP contribution in [0.3, 0.4) is 0 Å². The Morgan fingerprint density at radius 1 is 1.17 bits per heavy atom. The van der Waals surface area contributed by atoms with Crippen molar-refractivity contribution in [3.05, 3.63) is 24.3 Å². The molecule has 0 aromatic rings. The second-order valence-electron chi connectivity index (χ2n) is 13.4. The number of unbranched alkanes of at least 4 members (excludes halogenated alkanes) is 1. The van der Waals surface area contributed by atoms with Gasteiger partial charge in [-0.25, -0.2) is 0 Å². The van der Waals surface area contributed by atoms with E-state index in [0.717, 1.165) is 53.9 Å². The number of hydrogen-bond donors (Lipinski definition) is 2. The molecule has 198 valence electrons. The maximum absolute atomic E-state index is 7.74. The Kier molecular flexibility index (Phi) is 9.05. The Balaban J connectivity index is 1.27. The van der Waals surface area contributed by atoms with Crippen LogP contribution >= 0.6 is 0 Å². The first-order valence-electron chi connectivity index (χ1n) is 15.5. The molecule has 0 amide bonds. The van der Waals surface area contributed by atoms with E-state index in [1.807, 2.05) is 0 Å². The van der Waals surface area contributed by atoms with Crippen LogP contribution in [0.15, 0.2) is 24.3 Å². The minimum absolute atomic E-state index is 0.127. The molecule has 4 aliphatic rings. The minimum Gasteiger partial charge on any atom is -0.330 e. The molecule has 7 atom stereocenters. The largest absolute Gasteiger partial charge is 0.330 e. The molecule has 0 saturated heterocycles. The van der Waals surface area contributed by atoms with E-state index in [1.165, 1.54) is 83.5 Å². The average Bonchev–Trinajstić information content (AvgIpc) is 3.78. The SMILES string of the molecule is C=C[C@@](C)(CN)CCCC(CCCC)C12C[C@H]1C2C1CCC(C2=CCC(C(C=N)CC)CC2)CC1. The highest BCUT2D eigenvalue weighted by molar-refractivity contribution is 5.57. The molecule has 3 N–H and O–H groups in total. The smallest absolute Gasteiger partial charge is 0.00114 e. The number of rotatable bonds is 15. The normalized spacial score (nSPS) is 37.4. The summed E-state index contributed by atoms with van der Waals surface area (Å²) in [6, 6.07) is 0. The molecule has 0 aromatic carbocycles. The van der Waals surface area contributed by atoms with Crippen molar-refractivity contribution in [3.8, 4) is 0 Å². The molecule has 3 saturated carbocycles. The summed E-state index contributed by atoms with van der Waals surface area (Å²) in [5.74, 6) is 6.27. The lowest BCUT2D eigenvalue weighted by molar-refractivity contribution is 0.179. The fourth-order valence-electron chi connectivity index (χ4n) is 8.75. The molecule has 0 aromatic heterocycles. The Hall–Kier alpha value is -0.890. The van der Waals surface area contributed by atoms with Gasteiger partial charge in [-0.2, -0.15) is 0 Å². The van der Waals surface area contributed by atoms with Crippen molar-refractivity contribution < 1.29 is 0 Å². The lowest BCUT2D eigenvalue weighted by atomic mass is 9.69. The van der Waals surface area contributed by atoms with Crippen LogP contribution in [0.5, 0.6) is 0 Å². The molecule has 35 heavy (non-hydrogen) atoms. The van der Waals surface area contributed by atoms with Crippen molar-refractivity contribution in [3.63, 3.8) is 0 Å². The van der Waals surface area contributed by atoms with E-state index < -0.39 is 0 Å². The second kappa shape index (κ2) is 11.7. The van der Waals surface area contributed by atoms with Crippen LogP contribution in [-0.2, 0) is 0 Å². The Morgan fingerprint density at radius 3 is 2.46 bits per heavy atom. The molecule has 3 fully saturated rings. The number of fused-ring (bicyclic) bond motifs is 1. The summed E-state index contributed by atoms with van der Waals surface area (Å²) in [7, 11) is 0.